The summed E-state index contributed by atoms with van der Waals surface area (Å²) < 4.78 is 32.8. The Morgan fingerprint density at radius 3 is 2.52 bits per heavy atom. The van der Waals surface area contributed by atoms with Crippen LogP contribution in [-0.4, -0.2) is 34.5 Å². The molecule has 1 saturated carbocycles. The number of hydrogen-bond donors (Lipinski definition) is 2. The summed E-state index contributed by atoms with van der Waals surface area (Å²) in [6.45, 7) is 0. The van der Waals surface area contributed by atoms with Gasteiger partial charge in [0.25, 0.3) is 5.91 Å². The lowest BCUT2D eigenvalue weighted by Crippen LogP contribution is -2.33. The highest BCUT2D eigenvalue weighted by Gasteiger charge is 2.26. The van der Waals surface area contributed by atoms with Crippen molar-refractivity contribution < 1.29 is 17.9 Å². The van der Waals surface area contributed by atoms with E-state index in [2.05, 4.69) is 10.0 Å². The largest absolute Gasteiger partial charge is 0.495 e. The summed E-state index contributed by atoms with van der Waals surface area (Å²) in [6.07, 6.45) is 3.75. The molecule has 1 aromatic carbocycles. The molecule has 7 heteroatoms. The Hall–Kier alpha value is -1.60. The zero-order valence-corrected chi connectivity index (χ0v) is 13.0. The summed E-state index contributed by atoms with van der Waals surface area (Å²) in [6, 6.07) is 4.33. The second-order valence-electron chi connectivity index (χ2n) is 5.05. The summed E-state index contributed by atoms with van der Waals surface area (Å²) in [4.78, 5) is 11.7. The predicted octanol–water partition coefficient (Wildman–Crippen LogP) is 1.28. The smallest absolute Gasteiger partial charge is 0.251 e. The highest BCUT2D eigenvalue weighted by atomic mass is 32.2. The number of nitrogens with one attached hydrogen (secondary N) is 2. The van der Waals surface area contributed by atoms with Crippen molar-refractivity contribution in [1.29, 1.82) is 0 Å². The summed E-state index contributed by atoms with van der Waals surface area (Å²) in [7, 11) is -0.802. The maximum absolute atomic E-state index is 12.5. The van der Waals surface area contributed by atoms with Crippen molar-refractivity contribution in [3.8, 4) is 5.75 Å². The Morgan fingerprint density at radius 2 is 1.95 bits per heavy atom. The first-order valence-electron chi connectivity index (χ1n) is 6.90. The number of hydrogen-bond acceptors (Lipinski definition) is 4. The average Bonchev–Trinajstić information content (AvgIpc) is 2.97. The first kappa shape index (κ1) is 15.8. The molecule has 1 fully saturated rings. The highest BCUT2D eigenvalue weighted by Crippen LogP contribution is 2.27. The monoisotopic (exact) mass is 312 g/mol. The van der Waals surface area contributed by atoms with Gasteiger partial charge >= 0.3 is 0 Å². The summed E-state index contributed by atoms with van der Waals surface area (Å²) in [5.74, 6) is -0.108. The standard InChI is InChI=1S/C14H20N2O4S/c1-15-14(17)10-7-8-12(20-2)13(9-10)21(18,19)16-11-5-3-4-6-11/h7-9,11,16H,3-6H2,1-2H3,(H,15,17). The lowest BCUT2D eigenvalue weighted by atomic mass is 10.2. The third-order valence-corrected chi connectivity index (χ3v) is 5.16. The van der Waals surface area contributed by atoms with Crippen molar-refractivity contribution >= 4 is 15.9 Å². The van der Waals surface area contributed by atoms with E-state index < -0.39 is 10.0 Å². The molecule has 0 bridgehead atoms. The molecule has 0 atom stereocenters. The van der Waals surface area contributed by atoms with E-state index in [-0.39, 0.29) is 28.2 Å². The van der Waals surface area contributed by atoms with Crippen LogP contribution in [0.3, 0.4) is 0 Å². The van der Waals surface area contributed by atoms with E-state index in [9.17, 15) is 13.2 Å². The van der Waals surface area contributed by atoms with E-state index in [1.807, 2.05) is 0 Å². The fourth-order valence-electron chi connectivity index (χ4n) is 2.50. The van der Waals surface area contributed by atoms with E-state index in [4.69, 9.17) is 4.74 Å². The fraction of sp³-hybridized carbons (Fsp3) is 0.500. The Kier molecular flexibility index (Phi) is 4.84. The molecular formula is C14H20N2O4S. The molecule has 2 rings (SSSR count). The molecule has 1 aliphatic rings. The maximum atomic E-state index is 12.5. The van der Waals surface area contributed by atoms with Crippen molar-refractivity contribution in [2.24, 2.45) is 0 Å². The molecule has 0 radical (unpaired) electrons. The van der Waals surface area contributed by atoms with Crippen LogP contribution >= 0.6 is 0 Å². The fourth-order valence-corrected chi connectivity index (χ4v) is 4.00. The molecule has 1 amide bonds. The third kappa shape index (κ3) is 3.54. The van der Waals surface area contributed by atoms with Crippen molar-refractivity contribution in [2.45, 2.75) is 36.6 Å². The molecular weight excluding hydrogens is 292 g/mol. The molecule has 0 aromatic heterocycles. The number of amides is 1. The normalized spacial score (nSPS) is 15.9. The Morgan fingerprint density at radius 1 is 1.29 bits per heavy atom. The van der Waals surface area contributed by atoms with Gasteiger partial charge in [-0.3, -0.25) is 4.79 Å². The number of benzene rings is 1. The van der Waals surface area contributed by atoms with Gasteiger partial charge in [0.15, 0.2) is 0 Å². The van der Waals surface area contributed by atoms with E-state index in [1.54, 1.807) is 0 Å². The lowest BCUT2D eigenvalue weighted by Gasteiger charge is -2.15. The van der Waals surface area contributed by atoms with Gasteiger partial charge in [0, 0.05) is 18.7 Å². The predicted molar refractivity (Wildman–Crippen MR) is 79.0 cm³/mol. The molecule has 0 aliphatic heterocycles. The van der Waals surface area contributed by atoms with Crippen molar-refractivity contribution in [3.05, 3.63) is 23.8 Å². The SMILES string of the molecule is CNC(=O)c1ccc(OC)c(S(=O)(=O)NC2CCCC2)c1. The topological polar surface area (TPSA) is 84.5 Å². The van der Waals surface area contributed by atoms with Crippen LogP contribution in [0.15, 0.2) is 23.1 Å². The zero-order chi connectivity index (χ0) is 15.5. The van der Waals surface area contributed by atoms with Crippen LogP contribution in [0, 0.1) is 0 Å². The molecule has 0 spiro atoms. The minimum Gasteiger partial charge on any atom is -0.495 e. The third-order valence-electron chi connectivity index (χ3n) is 3.62. The highest BCUT2D eigenvalue weighted by molar-refractivity contribution is 7.89. The molecule has 0 unspecified atom stereocenters. The lowest BCUT2D eigenvalue weighted by molar-refractivity contribution is 0.0963. The molecule has 0 heterocycles. The molecule has 1 aromatic rings. The average molecular weight is 312 g/mol. The number of ether oxygens (including phenoxy) is 1. The first-order chi connectivity index (χ1) is 9.97. The van der Waals surface area contributed by atoms with Gasteiger partial charge in [-0.2, -0.15) is 0 Å². The first-order valence-corrected chi connectivity index (χ1v) is 8.38. The van der Waals surface area contributed by atoms with Crippen LogP contribution in [0.4, 0.5) is 0 Å². The minimum absolute atomic E-state index is 0.00185. The maximum Gasteiger partial charge on any atom is 0.251 e. The zero-order valence-electron chi connectivity index (χ0n) is 12.2. The minimum atomic E-state index is -3.71. The van der Waals surface area contributed by atoms with Gasteiger partial charge in [-0.25, -0.2) is 13.1 Å². The quantitative estimate of drug-likeness (QED) is 0.857. The molecule has 0 saturated heterocycles. The van der Waals surface area contributed by atoms with Crippen LogP contribution < -0.4 is 14.8 Å². The van der Waals surface area contributed by atoms with E-state index in [0.717, 1.165) is 25.7 Å². The molecule has 2 N–H and O–H groups in total. The summed E-state index contributed by atoms with van der Waals surface area (Å²) in [5, 5.41) is 2.48. The van der Waals surface area contributed by atoms with Crippen LogP contribution in [0.1, 0.15) is 36.0 Å². The van der Waals surface area contributed by atoms with Gasteiger partial charge in [-0.1, -0.05) is 12.8 Å². The second kappa shape index (κ2) is 6.44. The van der Waals surface area contributed by atoms with Crippen molar-refractivity contribution in [2.75, 3.05) is 14.2 Å². The Balaban J connectivity index is 2.36. The Bertz CT molecular complexity index is 622. The van der Waals surface area contributed by atoms with Gasteiger partial charge in [0.1, 0.15) is 10.6 Å². The van der Waals surface area contributed by atoms with Crippen LogP contribution in [0.2, 0.25) is 0 Å². The Labute approximate surface area is 124 Å². The molecule has 116 valence electrons. The number of carbonyl (C=O) groups is 1. The van der Waals surface area contributed by atoms with E-state index in [0.29, 0.717) is 0 Å². The van der Waals surface area contributed by atoms with Gasteiger partial charge in [0.05, 0.1) is 7.11 Å². The van der Waals surface area contributed by atoms with Gasteiger partial charge in [0.2, 0.25) is 10.0 Å². The summed E-state index contributed by atoms with van der Waals surface area (Å²) >= 11 is 0. The molecule has 1 aliphatic carbocycles. The van der Waals surface area contributed by atoms with E-state index >= 15 is 0 Å². The number of rotatable bonds is 5. The number of sulfonamides is 1. The van der Waals surface area contributed by atoms with Crippen LogP contribution in [-0.2, 0) is 10.0 Å². The molecule has 21 heavy (non-hydrogen) atoms. The second-order valence-corrected chi connectivity index (χ2v) is 6.73. The molecule has 6 nitrogen and oxygen atoms in total. The van der Waals surface area contributed by atoms with Crippen LogP contribution in [0.25, 0.3) is 0 Å². The van der Waals surface area contributed by atoms with E-state index in [1.165, 1.54) is 32.4 Å². The van der Waals surface area contributed by atoms with Gasteiger partial charge in [-0.05, 0) is 31.0 Å². The van der Waals surface area contributed by atoms with Crippen molar-refractivity contribution in [3.63, 3.8) is 0 Å². The van der Waals surface area contributed by atoms with Crippen molar-refractivity contribution in [1.82, 2.24) is 10.0 Å². The van der Waals surface area contributed by atoms with Crippen LogP contribution in [0.5, 0.6) is 5.75 Å². The van der Waals surface area contributed by atoms with Gasteiger partial charge in [-0.15, -0.1) is 0 Å². The van der Waals surface area contributed by atoms with Gasteiger partial charge < -0.3 is 10.1 Å². The summed E-state index contributed by atoms with van der Waals surface area (Å²) in [5.41, 5.74) is 0.282. The number of methoxy groups -OCH3 is 1. The number of carbonyl (C=O) groups excluding carboxylic acids is 1.